The third kappa shape index (κ3) is 2.85. The molecule has 88 valence electrons. The minimum Gasteiger partial charge on any atom is -0.485 e. The van der Waals surface area contributed by atoms with Crippen LogP contribution in [0, 0.1) is 0 Å². The Balaban J connectivity index is 2.98. The van der Waals surface area contributed by atoms with E-state index < -0.39 is 25.3 Å². The maximum Gasteiger partial charge on any atom is 0.339 e. The van der Waals surface area contributed by atoms with Crippen molar-refractivity contribution < 1.29 is 24.9 Å². The maximum absolute atomic E-state index is 10.9. The van der Waals surface area contributed by atoms with E-state index in [4.69, 9.17) is 25.8 Å². The zero-order chi connectivity index (χ0) is 12.1. The Morgan fingerprint density at radius 3 is 2.50 bits per heavy atom. The van der Waals surface area contributed by atoms with Gasteiger partial charge in [0.25, 0.3) is 0 Å². The minimum absolute atomic E-state index is 0.0646. The molecule has 0 amide bonds. The van der Waals surface area contributed by atoms with Crippen molar-refractivity contribution in [1.29, 1.82) is 0 Å². The van der Waals surface area contributed by atoms with Gasteiger partial charge in [-0.05, 0) is 18.2 Å². The second-order valence-corrected chi connectivity index (χ2v) is 3.17. The molecule has 0 spiro atoms. The lowest BCUT2D eigenvalue weighted by Crippen LogP contribution is -2.26. The summed E-state index contributed by atoms with van der Waals surface area (Å²) in [6, 6.07) is 4.12. The van der Waals surface area contributed by atoms with Crippen molar-refractivity contribution in [2.75, 3.05) is 18.9 Å². The number of nitrogen functional groups attached to an aromatic ring is 1. The molecule has 0 radical (unpaired) electrons. The van der Waals surface area contributed by atoms with Gasteiger partial charge in [-0.2, -0.15) is 0 Å². The molecular formula is C10H13NO5. The van der Waals surface area contributed by atoms with Crippen molar-refractivity contribution in [1.82, 2.24) is 0 Å². The van der Waals surface area contributed by atoms with E-state index >= 15 is 0 Å². The van der Waals surface area contributed by atoms with E-state index in [1.54, 1.807) is 0 Å². The van der Waals surface area contributed by atoms with Gasteiger partial charge in [0, 0.05) is 5.69 Å². The average Bonchev–Trinajstić information content (AvgIpc) is 2.27. The third-order valence-electron chi connectivity index (χ3n) is 1.93. The van der Waals surface area contributed by atoms with Gasteiger partial charge >= 0.3 is 5.97 Å². The van der Waals surface area contributed by atoms with Crippen LogP contribution in [-0.2, 0) is 0 Å². The first-order valence-corrected chi connectivity index (χ1v) is 4.59. The van der Waals surface area contributed by atoms with E-state index in [0.717, 1.165) is 0 Å². The summed E-state index contributed by atoms with van der Waals surface area (Å²) in [7, 11) is 0. The molecule has 16 heavy (non-hydrogen) atoms. The Morgan fingerprint density at radius 2 is 2.00 bits per heavy atom. The highest BCUT2D eigenvalue weighted by Gasteiger charge is 2.15. The van der Waals surface area contributed by atoms with Gasteiger partial charge < -0.3 is 25.8 Å². The number of rotatable bonds is 5. The van der Waals surface area contributed by atoms with Crippen LogP contribution < -0.4 is 10.5 Å². The van der Waals surface area contributed by atoms with E-state index in [2.05, 4.69) is 0 Å². The SMILES string of the molecule is Nc1ccc(OC(CO)CO)c(C(=O)O)c1. The zero-order valence-electron chi connectivity index (χ0n) is 8.46. The largest absolute Gasteiger partial charge is 0.485 e. The number of aliphatic hydroxyl groups excluding tert-OH is 2. The lowest BCUT2D eigenvalue weighted by atomic mass is 10.2. The van der Waals surface area contributed by atoms with Crippen LogP contribution in [0.15, 0.2) is 18.2 Å². The summed E-state index contributed by atoms with van der Waals surface area (Å²) in [6.45, 7) is -0.806. The first-order chi connectivity index (χ1) is 7.58. The van der Waals surface area contributed by atoms with Gasteiger partial charge in [-0.25, -0.2) is 4.79 Å². The van der Waals surface area contributed by atoms with Gasteiger partial charge in [0.1, 0.15) is 17.4 Å². The molecule has 0 fully saturated rings. The topological polar surface area (TPSA) is 113 Å². The van der Waals surface area contributed by atoms with Crippen LogP contribution in [0.4, 0.5) is 5.69 Å². The van der Waals surface area contributed by atoms with Crippen molar-refractivity contribution in [2.45, 2.75) is 6.10 Å². The van der Waals surface area contributed by atoms with Gasteiger partial charge in [0.05, 0.1) is 13.2 Å². The normalized spacial score (nSPS) is 10.4. The predicted octanol–water partition coefficient (Wildman–Crippen LogP) is -0.301. The molecule has 0 saturated heterocycles. The van der Waals surface area contributed by atoms with Gasteiger partial charge in [-0.3, -0.25) is 0 Å². The van der Waals surface area contributed by atoms with Crippen LogP contribution in [0.2, 0.25) is 0 Å². The van der Waals surface area contributed by atoms with E-state index in [-0.39, 0.29) is 11.3 Å². The first-order valence-electron chi connectivity index (χ1n) is 4.59. The van der Waals surface area contributed by atoms with Gasteiger partial charge in [0.2, 0.25) is 0 Å². The van der Waals surface area contributed by atoms with Crippen LogP contribution >= 0.6 is 0 Å². The molecule has 0 aliphatic heterocycles. The number of benzene rings is 1. The van der Waals surface area contributed by atoms with Gasteiger partial charge in [0.15, 0.2) is 0 Å². The first kappa shape index (κ1) is 12.3. The molecular weight excluding hydrogens is 214 g/mol. The second-order valence-electron chi connectivity index (χ2n) is 3.17. The van der Waals surface area contributed by atoms with E-state index in [1.807, 2.05) is 0 Å². The molecule has 6 nitrogen and oxygen atoms in total. The summed E-state index contributed by atoms with van der Waals surface area (Å²) >= 11 is 0. The molecule has 1 rings (SSSR count). The molecule has 0 unspecified atom stereocenters. The Labute approximate surface area is 91.9 Å². The molecule has 0 aromatic heterocycles. The Hall–Kier alpha value is -1.79. The molecule has 0 aliphatic rings. The highest BCUT2D eigenvalue weighted by molar-refractivity contribution is 5.92. The molecule has 0 saturated carbocycles. The Morgan fingerprint density at radius 1 is 1.38 bits per heavy atom. The Bertz CT molecular complexity index is 375. The summed E-state index contributed by atoms with van der Waals surface area (Å²) in [4.78, 5) is 10.9. The van der Waals surface area contributed by atoms with Crippen LogP contribution in [-0.4, -0.2) is 40.6 Å². The van der Waals surface area contributed by atoms with Gasteiger partial charge in [-0.1, -0.05) is 0 Å². The molecule has 0 atom stereocenters. The smallest absolute Gasteiger partial charge is 0.339 e. The van der Waals surface area contributed by atoms with Crippen molar-refractivity contribution in [3.63, 3.8) is 0 Å². The molecule has 6 heteroatoms. The number of carboxylic acids is 1. The van der Waals surface area contributed by atoms with Crippen LogP contribution in [0.1, 0.15) is 10.4 Å². The fourth-order valence-corrected chi connectivity index (χ4v) is 1.13. The number of carbonyl (C=O) groups is 1. The van der Waals surface area contributed by atoms with Crippen molar-refractivity contribution in [3.8, 4) is 5.75 Å². The number of nitrogens with two attached hydrogens (primary N) is 1. The summed E-state index contributed by atoms with van der Waals surface area (Å²) in [5, 5.41) is 26.5. The highest BCUT2D eigenvalue weighted by Crippen LogP contribution is 2.22. The third-order valence-corrected chi connectivity index (χ3v) is 1.93. The fraction of sp³-hybridized carbons (Fsp3) is 0.300. The van der Waals surface area contributed by atoms with Crippen molar-refractivity contribution in [2.24, 2.45) is 0 Å². The minimum atomic E-state index is -1.18. The number of aromatic carboxylic acids is 1. The van der Waals surface area contributed by atoms with E-state index in [0.29, 0.717) is 5.69 Å². The molecule has 1 aromatic rings. The monoisotopic (exact) mass is 227 g/mol. The van der Waals surface area contributed by atoms with E-state index in [9.17, 15) is 4.79 Å². The molecule has 0 bridgehead atoms. The lowest BCUT2D eigenvalue weighted by molar-refractivity contribution is 0.0575. The molecule has 5 N–H and O–H groups in total. The number of carboxylic acid groups (broad SMARTS) is 1. The standard InChI is InChI=1S/C10H13NO5/c11-6-1-2-9(8(3-6)10(14)15)16-7(4-12)5-13/h1-3,7,12-13H,4-5,11H2,(H,14,15). The van der Waals surface area contributed by atoms with Crippen molar-refractivity contribution >= 4 is 11.7 Å². The number of anilines is 1. The maximum atomic E-state index is 10.9. The summed E-state index contributed by atoms with van der Waals surface area (Å²) < 4.78 is 5.12. The molecule has 1 aromatic carbocycles. The molecule has 0 heterocycles. The molecule has 0 aliphatic carbocycles. The fourth-order valence-electron chi connectivity index (χ4n) is 1.13. The predicted molar refractivity (Wildman–Crippen MR) is 56.4 cm³/mol. The number of aliphatic hydroxyl groups is 2. The lowest BCUT2D eigenvalue weighted by Gasteiger charge is -2.16. The highest BCUT2D eigenvalue weighted by atomic mass is 16.5. The zero-order valence-corrected chi connectivity index (χ0v) is 8.46. The van der Waals surface area contributed by atoms with E-state index in [1.165, 1.54) is 18.2 Å². The number of ether oxygens (including phenoxy) is 1. The van der Waals surface area contributed by atoms with Crippen LogP contribution in [0.25, 0.3) is 0 Å². The van der Waals surface area contributed by atoms with Gasteiger partial charge in [-0.15, -0.1) is 0 Å². The van der Waals surface area contributed by atoms with Crippen LogP contribution in [0.5, 0.6) is 5.75 Å². The Kier molecular flexibility index (Phi) is 4.10. The summed E-state index contributed by atoms with van der Waals surface area (Å²) in [6.07, 6.45) is -0.846. The second kappa shape index (κ2) is 5.34. The number of hydrogen-bond acceptors (Lipinski definition) is 5. The van der Waals surface area contributed by atoms with Crippen molar-refractivity contribution in [3.05, 3.63) is 23.8 Å². The quantitative estimate of drug-likeness (QED) is 0.513. The summed E-state index contributed by atoms with van der Waals surface area (Å²) in [5.74, 6) is -1.12. The average molecular weight is 227 g/mol. The summed E-state index contributed by atoms with van der Waals surface area (Å²) in [5.41, 5.74) is 5.64. The number of hydrogen-bond donors (Lipinski definition) is 4. The van der Waals surface area contributed by atoms with Crippen LogP contribution in [0.3, 0.4) is 0 Å².